The fourth-order valence-electron chi connectivity index (χ4n) is 4.07. The number of nitrogens with zero attached hydrogens (tertiary/aromatic N) is 3. The smallest absolute Gasteiger partial charge is 0.107 e. The third-order valence-electron chi connectivity index (χ3n) is 5.76. The normalized spacial score (nSPS) is 16.4. The largest absolute Gasteiger partial charge is 0.382 e. The van der Waals surface area contributed by atoms with Crippen LogP contribution in [0.2, 0.25) is 0 Å². The van der Waals surface area contributed by atoms with Crippen molar-refractivity contribution in [1.29, 1.82) is 5.26 Å². The molecule has 29 heavy (non-hydrogen) atoms. The van der Waals surface area contributed by atoms with Gasteiger partial charge in [0.1, 0.15) is 6.23 Å². The molecule has 1 atom stereocenters. The molecule has 1 aliphatic heterocycles. The third kappa shape index (κ3) is 4.24. The molecule has 0 amide bonds. The molecule has 1 unspecified atom stereocenters. The molecule has 1 fully saturated rings. The number of nitriles is 1. The second kappa shape index (κ2) is 8.60. The first-order valence-electron chi connectivity index (χ1n) is 10.2. The zero-order valence-corrected chi connectivity index (χ0v) is 16.7. The van der Waals surface area contributed by atoms with Crippen LogP contribution in [0.1, 0.15) is 31.7 Å². The molecule has 3 aromatic rings. The standard InChI is InChI=1S/C24H26N4O/c1-2-24(29)28-10-7-21(8-11-28)27-23-14-20(13-19-6-9-26-16-22(19)23)18-5-3-4-17(12-18)15-25/h3-6,9,12-14,16,21,24,27,29H,2,7-8,10-11H2,1H3. The van der Waals surface area contributed by atoms with Crippen LogP contribution in [0, 0.1) is 11.3 Å². The number of aliphatic hydroxyl groups is 1. The number of benzene rings is 2. The summed E-state index contributed by atoms with van der Waals surface area (Å²) in [5.74, 6) is 0. The minimum Gasteiger partial charge on any atom is -0.382 e. The van der Waals surface area contributed by atoms with E-state index in [1.54, 1.807) is 0 Å². The van der Waals surface area contributed by atoms with Gasteiger partial charge in [0.2, 0.25) is 0 Å². The zero-order valence-electron chi connectivity index (χ0n) is 16.7. The van der Waals surface area contributed by atoms with E-state index in [0.717, 1.165) is 59.9 Å². The monoisotopic (exact) mass is 386 g/mol. The molecule has 2 N–H and O–H groups in total. The first-order chi connectivity index (χ1) is 14.2. The van der Waals surface area contributed by atoms with Crippen LogP contribution in [-0.2, 0) is 0 Å². The summed E-state index contributed by atoms with van der Waals surface area (Å²) in [7, 11) is 0. The van der Waals surface area contributed by atoms with E-state index in [9.17, 15) is 10.4 Å². The van der Waals surface area contributed by atoms with Gasteiger partial charge in [0.25, 0.3) is 0 Å². The zero-order chi connectivity index (χ0) is 20.2. The molecule has 148 valence electrons. The summed E-state index contributed by atoms with van der Waals surface area (Å²) in [5, 5.41) is 25.3. The van der Waals surface area contributed by atoms with Crippen molar-refractivity contribution in [2.45, 2.75) is 38.5 Å². The summed E-state index contributed by atoms with van der Waals surface area (Å²) in [6, 6.07) is 16.6. The molecular weight excluding hydrogens is 360 g/mol. The van der Waals surface area contributed by atoms with Crippen LogP contribution in [-0.4, -0.2) is 40.3 Å². The number of rotatable bonds is 5. The number of piperidine rings is 1. The highest BCUT2D eigenvalue weighted by molar-refractivity contribution is 5.97. The van der Waals surface area contributed by atoms with Gasteiger partial charge in [0, 0.05) is 42.6 Å². The molecule has 0 bridgehead atoms. The average molecular weight is 386 g/mol. The number of anilines is 1. The van der Waals surface area contributed by atoms with Gasteiger partial charge in [0.15, 0.2) is 0 Å². The maximum Gasteiger partial charge on any atom is 0.107 e. The lowest BCUT2D eigenvalue weighted by molar-refractivity contribution is -0.0115. The molecule has 1 aliphatic rings. The fraction of sp³-hybridized carbons (Fsp3) is 0.333. The van der Waals surface area contributed by atoms with Gasteiger partial charge in [-0.3, -0.25) is 9.88 Å². The van der Waals surface area contributed by atoms with Crippen LogP contribution < -0.4 is 5.32 Å². The van der Waals surface area contributed by atoms with Crippen LogP contribution in [0.5, 0.6) is 0 Å². The molecule has 1 saturated heterocycles. The van der Waals surface area contributed by atoms with E-state index in [2.05, 4.69) is 33.4 Å². The van der Waals surface area contributed by atoms with E-state index < -0.39 is 0 Å². The minimum absolute atomic E-state index is 0.336. The lowest BCUT2D eigenvalue weighted by Gasteiger charge is -2.35. The van der Waals surface area contributed by atoms with Crippen molar-refractivity contribution in [3.8, 4) is 17.2 Å². The topological polar surface area (TPSA) is 72.2 Å². The van der Waals surface area contributed by atoms with Crippen molar-refractivity contribution in [2.75, 3.05) is 18.4 Å². The van der Waals surface area contributed by atoms with Gasteiger partial charge in [-0.2, -0.15) is 5.26 Å². The Balaban J connectivity index is 1.63. The van der Waals surface area contributed by atoms with Gasteiger partial charge in [-0.25, -0.2) is 0 Å². The fourth-order valence-corrected chi connectivity index (χ4v) is 4.07. The number of aliphatic hydroxyl groups excluding tert-OH is 1. The lowest BCUT2D eigenvalue weighted by Crippen LogP contribution is -2.44. The predicted octanol–water partition coefficient (Wildman–Crippen LogP) is 4.38. The Hall–Kier alpha value is -2.94. The molecule has 2 aromatic carbocycles. The number of fused-ring (bicyclic) bond motifs is 1. The van der Waals surface area contributed by atoms with E-state index in [1.165, 1.54) is 0 Å². The Kier molecular flexibility index (Phi) is 5.75. The summed E-state index contributed by atoms with van der Waals surface area (Å²) in [4.78, 5) is 6.47. The first-order valence-corrected chi connectivity index (χ1v) is 10.2. The number of hydrogen-bond donors (Lipinski definition) is 2. The van der Waals surface area contributed by atoms with Crippen molar-refractivity contribution in [1.82, 2.24) is 9.88 Å². The van der Waals surface area contributed by atoms with Gasteiger partial charge >= 0.3 is 0 Å². The molecule has 4 rings (SSSR count). The second-order valence-corrected chi connectivity index (χ2v) is 7.66. The summed E-state index contributed by atoms with van der Waals surface area (Å²) in [6.45, 7) is 3.81. The van der Waals surface area contributed by atoms with Crippen LogP contribution in [0.25, 0.3) is 21.9 Å². The lowest BCUT2D eigenvalue weighted by atomic mass is 9.98. The number of likely N-dealkylation sites (tertiary alicyclic amines) is 1. The number of hydrogen-bond acceptors (Lipinski definition) is 5. The number of aromatic nitrogens is 1. The molecule has 0 radical (unpaired) electrons. The molecular formula is C24H26N4O. The first kappa shape index (κ1) is 19.4. The van der Waals surface area contributed by atoms with Gasteiger partial charge < -0.3 is 10.4 Å². The second-order valence-electron chi connectivity index (χ2n) is 7.66. The van der Waals surface area contributed by atoms with Gasteiger partial charge in [-0.05, 0) is 66.1 Å². The Morgan fingerprint density at radius 2 is 2.03 bits per heavy atom. The molecule has 0 spiro atoms. The van der Waals surface area contributed by atoms with Crippen molar-refractivity contribution in [3.63, 3.8) is 0 Å². The highest BCUT2D eigenvalue weighted by atomic mass is 16.3. The van der Waals surface area contributed by atoms with E-state index >= 15 is 0 Å². The average Bonchev–Trinajstić information content (AvgIpc) is 2.79. The van der Waals surface area contributed by atoms with Crippen LogP contribution in [0.15, 0.2) is 54.9 Å². The summed E-state index contributed by atoms with van der Waals surface area (Å²) < 4.78 is 0. The van der Waals surface area contributed by atoms with Crippen molar-refractivity contribution < 1.29 is 5.11 Å². The van der Waals surface area contributed by atoms with Crippen LogP contribution in [0.3, 0.4) is 0 Å². The number of nitrogens with one attached hydrogen (secondary N) is 1. The predicted molar refractivity (Wildman–Crippen MR) is 116 cm³/mol. The highest BCUT2D eigenvalue weighted by Gasteiger charge is 2.23. The molecule has 0 aliphatic carbocycles. The Morgan fingerprint density at radius 3 is 2.79 bits per heavy atom. The summed E-state index contributed by atoms with van der Waals surface area (Å²) in [5.41, 5.74) is 3.85. The molecule has 2 heterocycles. The van der Waals surface area contributed by atoms with Crippen molar-refractivity contribution >= 4 is 16.5 Å². The summed E-state index contributed by atoms with van der Waals surface area (Å²) in [6.07, 6.45) is 6.13. The number of pyridine rings is 1. The molecule has 0 saturated carbocycles. The van der Waals surface area contributed by atoms with E-state index in [-0.39, 0.29) is 6.23 Å². The molecule has 5 nitrogen and oxygen atoms in total. The van der Waals surface area contributed by atoms with E-state index in [0.29, 0.717) is 11.6 Å². The maximum atomic E-state index is 10.1. The van der Waals surface area contributed by atoms with Crippen molar-refractivity contribution in [2.24, 2.45) is 0 Å². The third-order valence-corrected chi connectivity index (χ3v) is 5.76. The Morgan fingerprint density at radius 1 is 1.21 bits per heavy atom. The van der Waals surface area contributed by atoms with E-state index in [1.807, 2.05) is 49.6 Å². The van der Waals surface area contributed by atoms with Gasteiger partial charge in [-0.15, -0.1) is 0 Å². The van der Waals surface area contributed by atoms with Gasteiger partial charge in [-0.1, -0.05) is 19.1 Å². The van der Waals surface area contributed by atoms with Crippen LogP contribution >= 0.6 is 0 Å². The molecule has 5 heteroatoms. The molecule has 1 aromatic heterocycles. The van der Waals surface area contributed by atoms with Crippen LogP contribution in [0.4, 0.5) is 5.69 Å². The minimum atomic E-state index is -0.336. The quantitative estimate of drug-likeness (QED) is 0.681. The Bertz CT molecular complexity index is 1030. The summed E-state index contributed by atoms with van der Waals surface area (Å²) >= 11 is 0. The maximum absolute atomic E-state index is 10.1. The Labute approximate surface area is 171 Å². The van der Waals surface area contributed by atoms with Crippen molar-refractivity contribution in [3.05, 3.63) is 60.4 Å². The van der Waals surface area contributed by atoms with Gasteiger partial charge in [0.05, 0.1) is 11.6 Å². The SMILES string of the molecule is CCC(O)N1CCC(Nc2cc(-c3cccc(C#N)c3)cc3ccncc23)CC1. The highest BCUT2D eigenvalue weighted by Crippen LogP contribution is 2.32. The van der Waals surface area contributed by atoms with E-state index in [4.69, 9.17) is 0 Å².